The number of piperidine rings is 1. The summed E-state index contributed by atoms with van der Waals surface area (Å²) in [6, 6.07) is 11.7. The normalized spacial score (nSPS) is 14.4. The average Bonchev–Trinajstić information content (AvgIpc) is 2.69. The third-order valence-corrected chi connectivity index (χ3v) is 4.38. The van der Waals surface area contributed by atoms with Gasteiger partial charge in [0, 0.05) is 31.0 Å². The summed E-state index contributed by atoms with van der Waals surface area (Å²) in [6.07, 6.45) is 2.58. The molecule has 8 nitrogen and oxygen atoms in total. The van der Waals surface area contributed by atoms with Crippen molar-refractivity contribution in [1.82, 2.24) is 15.2 Å². The number of amides is 3. The number of anilines is 1. The van der Waals surface area contributed by atoms with E-state index in [4.69, 9.17) is 5.11 Å². The van der Waals surface area contributed by atoms with Gasteiger partial charge in [0.25, 0.3) is 5.91 Å². The lowest BCUT2D eigenvalue weighted by Crippen LogP contribution is -2.47. The van der Waals surface area contributed by atoms with Gasteiger partial charge >= 0.3 is 12.0 Å². The molecule has 0 spiro atoms. The zero-order chi connectivity index (χ0) is 19.2. The number of carbonyl (C=O) groups is 3. The number of urea groups is 1. The number of nitrogens with zero attached hydrogens (tertiary/aromatic N) is 2. The van der Waals surface area contributed by atoms with Gasteiger partial charge in [-0.15, -0.1) is 0 Å². The van der Waals surface area contributed by atoms with Gasteiger partial charge in [0.2, 0.25) is 0 Å². The predicted octanol–water partition coefficient (Wildman–Crippen LogP) is 2.21. The SMILES string of the molecule is O=C(Nc1ccccc1)NC1CCN(C(=O)c2ccc(C(=O)O)nc2)CC1. The van der Waals surface area contributed by atoms with Gasteiger partial charge in [-0.25, -0.2) is 14.6 Å². The first-order valence-corrected chi connectivity index (χ1v) is 8.64. The lowest BCUT2D eigenvalue weighted by molar-refractivity contribution is 0.0681. The lowest BCUT2D eigenvalue weighted by Gasteiger charge is -2.32. The molecule has 8 heteroatoms. The number of hydrogen-bond acceptors (Lipinski definition) is 4. The van der Waals surface area contributed by atoms with Crippen LogP contribution in [0.25, 0.3) is 0 Å². The molecule has 0 unspecified atom stereocenters. The van der Waals surface area contributed by atoms with Crippen LogP contribution < -0.4 is 10.6 Å². The smallest absolute Gasteiger partial charge is 0.354 e. The Morgan fingerprint density at radius 2 is 1.74 bits per heavy atom. The van der Waals surface area contributed by atoms with Crippen molar-refractivity contribution in [2.75, 3.05) is 18.4 Å². The van der Waals surface area contributed by atoms with Crippen LogP contribution in [0.3, 0.4) is 0 Å². The van der Waals surface area contributed by atoms with Crippen molar-refractivity contribution in [1.29, 1.82) is 0 Å². The molecule has 27 heavy (non-hydrogen) atoms. The minimum absolute atomic E-state index is 0.00901. The van der Waals surface area contributed by atoms with Crippen LogP contribution >= 0.6 is 0 Å². The van der Waals surface area contributed by atoms with Crippen LogP contribution in [0.4, 0.5) is 10.5 Å². The van der Waals surface area contributed by atoms with E-state index in [-0.39, 0.29) is 23.7 Å². The molecule has 2 heterocycles. The van der Waals surface area contributed by atoms with E-state index in [1.54, 1.807) is 4.90 Å². The first-order chi connectivity index (χ1) is 13.0. The van der Waals surface area contributed by atoms with E-state index >= 15 is 0 Å². The Morgan fingerprint density at radius 1 is 1.04 bits per heavy atom. The number of benzene rings is 1. The number of rotatable bonds is 4. The Kier molecular flexibility index (Phi) is 5.65. The third kappa shape index (κ3) is 4.81. The Labute approximate surface area is 156 Å². The van der Waals surface area contributed by atoms with Gasteiger partial charge in [0.1, 0.15) is 5.69 Å². The summed E-state index contributed by atoms with van der Waals surface area (Å²) in [7, 11) is 0. The number of aromatic nitrogens is 1. The summed E-state index contributed by atoms with van der Waals surface area (Å²) in [5.74, 6) is -1.32. The van der Waals surface area contributed by atoms with Gasteiger partial charge in [-0.3, -0.25) is 4.79 Å². The topological polar surface area (TPSA) is 112 Å². The number of para-hydroxylation sites is 1. The van der Waals surface area contributed by atoms with Crippen LogP contribution in [0.2, 0.25) is 0 Å². The molecular formula is C19H20N4O4. The maximum atomic E-state index is 12.5. The number of likely N-dealkylation sites (tertiary alicyclic amines) is 1. The standard InChI is InChI=1S/C19H20N4O4/c24-17(13-6-7-16(18(25)26)20-12-13)23-10-8-15(9-11-23)22-19(27)21-14-4-2-1-3-5-14/h1-7,12,15H,8-11H2,(H,25,26)(H2,21,22,27). The molecule has 1 fully saturated rings. The summed E-state index contributed by atoms with van der Waals surface area (Å²) in [4.78, 5) is 40.8. The number of pyridine rings is 1. The van der Waals surface area contributed by atoms with Crippen molar-refractivity contribution in [3.8, 4) is 0 Å². The summed E-state index contributed by atoms with van der Waals surface area (Å²) >= 11 is 0. The molecule has 0 bridgehead atoms. The van der Waals surface area contributed by atoms with Gasteiger partial charge in [0.15, 0.2) is 0 Å². The Morgan fingerprint density at radius 3 is 2.33 bits per heavy atom. The molecule has 0 radical (unpaired) electrons. The molecular weight excluding hydrogens is 348 g/mol. The molecule has 0 atom stereocenters. The fraction of sp³-hybridized carbons (Fsp3) is 0.263. The fourth-order valence-corrected chi connectivity index (χ4v) is 2.93. The zero-order valence-electron chi connectivity index (χ0n) is 14.6. The Balaban J connectivity index is 1.48. The van der Waals surface area contributed by atoms with Crippen LogP contribution in [-0.4, -0.2) is 52.0 Å². The largest absolute Gasteiger partial charge is 0.477 e. The highest BCUT2D eigenvalue weighted by Gasteiger charge is 2.25. The summed E-state index contributed by atoms with van der Waals surface area (Å²) in [5.41, 5.74) is 0.979. The number of carbonyl (C=O) groups excluding carboxylic acids is 2. The monoisotopic (exact) mass is 368 g/mol. The van der Waals surface area contributed by atoms with Crippen LogP contribution in [-0.2, 0) is 0 Å². The zero-order valence-corrected chi connectivity index (χ0v) is 14.6. The summed E-state index contributed by atoms with van der Waals surface area (Å²) in [5, 5.41) is 14.6. The average molecular weight is 368 g/mol. The van der Waals surface area contributed by atoms with Crippen LogP contribution in [0.15, 0.2) is 48.7 Å². The van der Waals surface area contributed by atoms with E-state index in [2.05, 4.69) is 15.6 Å². The third-order valence-electron chi connectivity index (χ3n) is 4.38. The molecule has 2 aromatic rings. The van der Waals surface area contributed by atoms with E-state index in [9.17, 15) is 14.4 Å². The van der Waals surface area contributed by atoms with E-state index < -0.39 is 5.97 Å². The second-order valence-corrected chi connectivity index (χ2v) is 6.27. The molecule has 1 saturated heterocycles. The molecule has 1 aromatic carbocycles. The first-order valence-electron chi connectivity index (χ1n) is 8.64. The maximum absolute atomic E-state index is 12.5. The quantitative estimate of drug-likeness (QED) is 0.766. The Hall–Kier alpha value is -3.42. The van der Waals surface area contributed by atoms with Gasteiger partial charge < -0.3 is 20.6 Å². The fourth-order valence-electron chi connectivity index (χ4n) is 2.93. The molecule has 3 N–H and O–H groups in total. The minimum Gasteiger partial charge on any atom is -0.477 e. The van der Waals surface area contributed by atoms with Gasteiger partial charge in [-0.05, 0) is 37.1 Å². The molecule has 3 amide bonds. The van der Waals surface area contributed by atoms with Crippen molar-refractivity contribution < 1.29 is 19.5 Å². The highest BCUT2D eigenvalue weighted by atomic mass is 16.4. The predicted molar refractivity (Wildman–Crippen MR) is 98.7 cm³/mol. The van der Waals surface area contributed by atoms with Crippen molar-refractivity contribution in [2.45, 2.75) is 18.9 Å². The van der Waals surface area contributed by atoms with E-state index in [1.165, 1.54) is 18.3 Å². The molecule has 1 aromatic heterocycles. The van der Waals surface area contributed by atoms with Crippen molar-refractivity contribution in [2.24, 2.45) is 0 Å². The number of carboxylic acids is 1. The van der Waals surface area contributed by atoms with E-state index in [0.717, 1.165) is 5.69 Å². The summed E-state index contributed by atoms with van der Waals surface area (Å²) < 4.78 is 0. The van der Waals surface area contributed by atoms with Crippen LogP contribution in [0.1, 0.15) is 33.7 Å². The van der Waals surface area contributed by atoms with Crippen molar-refractivity contribution >= 4 is 23.6 Å². The Bertz CT molecular complexity index is 815. The maximum Gasteiger partial charge on any atom is 0.354 e. The second-order valence-electron chi connectivity index (χ2n) is 6.27. The van der Waals surface area contributed by atoms with Crippen LogP contribution in [0, 0.1) is 0 Å². The molecule has 0 aliphatic carbocycles. The first kappa shape index (κ1) is 18.4. The molecule has 140 valence electrons. The number of carboxylic acid groups (broad SMARTS) is 1. The molecule has 1 aliphatic rings. The molecule has 3 rings (SSSR count). The molecule has 0 saturated carbocycles. The summed E-state index contributed by atoms with van der Waals surface area (Å²) in [6.45, 7) is 1.02. The van der Waals surface area contributed by atoms with Crippen LogP contribution in [0.5, 0.6) is 0 Å². The number of nitrogens with one attached hydrogen (secondary N) is 2. The van der Waals surface area contributed by atoms with Gasteiger partial charge in [-0.1, -0.05) is 18.2 Å². The van der Waals surface area contributed by atoms with Crippen molar-refractivity contribution in [3.05, 3.63) is 59.9 Å². The number of aromatic carboxylic acids is 1. The van der Waals surface area contributed by atoms with Gasteiger partial charge in [0.05, 0.1) is 5.56 Å². The van der Waals surface area contributed by atoms with Gasteiger partial charge in [-0.2, -0.15) is 0 Å². The highest BCUT2D eigenvalue weighted by Crippen LogP contribution is 2.14. The second kappa shape index (κ2) is 8.31. The number of hydrogen-bond donors (Lipinski definition) is 3. The highest BCUT2D eigenvalue weighted by molar-refractivity contribution is 5.95. The molecule has 1 aliphatic heterocycles. The van der Waals surface area contributed by atoms with Crippen molar-refractivity contribution in [3.63, 3.8) is 0 Å². The van der Waals surface area contributed by atoms with E-state index in [1.807, 2.05) is 30.3 Å². The minimum atomic E-state index is -1.13. The lowest BCUT2D eigenvalue weighted by atomic mass is 10.0. The van der Waals surface area contributed by atoms with E-state index in [0.29, 0.717) is 31.5 Å².